The quantitative estimate of drug-likeness (QED) is 0.332. The highest BCUT2D eigenvalue weighted by molar-refractivity contribution is 5.89. The molecule has 11 nitrogen and oxygen atoms in total. The van der Waals surface area contributed by atoms with E-state index in [1.807, 2.05) is 45.9 Å². The smallest absolute Gasteiger partial charge is 0.309 e. The average molecular weight is 488 g/mol. The van der Waals surface area contributed by atoms with Crippen molar-refractivity contribution in [3.63, 3.8) is 0 Å². The van der Waals surface area contributed by atoms with Crippen LogP contribution in [0.25, 0.3) is 11.3 Å². The summed E-state index contributed by atoms with van der Waals surface area (Å²) in [5.41, 5.74) is 5.24. The lowest BCUT2D eigenvalue weighted by Crippen LogP contribution is -2.30. The Morgan fingerprint density at radius 2 is 2.06 bits per heavy atom. The molecule has 1 aliphatic heterocycles. The van der Waals surface area contributed by atoms with E-state index in [1.54, 1.807) is 12.4 Å². The first-order valence-electron chi connectivity index (χ1n) is 11.9. The largest absolute Gasteiger partial charge is 0.416 e. The molecule has 1 amide bonds. The minimum atomic E-state index is -0.374. The molecule has 1 aromatic carbocycles. The predicted octanol–water partition coefficient (Wildman–Crippen LogP) is 3.56. The third kappa shape index (κ3) is 4.96. The van der Waals surface area contributed by atoms with Crippen LogP contribution in [-0.2, 0) is 12.0 Å². The van der Waals surface area contributed by atoms with Crippen molar-refractivity contribution in [2.24, 2.45) is 0 Å². The highest BCUT2D eigenvalue weighted by Gasteiger charge is 2.27. The number of H-pyrrole nitrogens is 1. The number of benzene rings is 1. The van der Waals surface area contributed by atoms with Crippen LogP contribution in [0.2, 0.25) is 0 Å². The number of rotatable bonds is 5. The maximum atomic E-state index is 12.9. The summed E-state index contributed by atoms with van der Waals surface area (Å²) in [6.07, 6.45) is 4.24. The van der Waals surface area contributed by atoms with E-state index in [4.69, 9.17) is 4.42 Å². The molecule has 4 N–H and O–H groups in total. The maximum absolute atomic E-state index is 12.9. The van der Waals surface area contributed by atoms with Gasteiger partial charge in [0.05, 0.1) is 23.1 Å². The van der Waals surface area contributed by atoms with Gasteiger partial charge in [-0.2, -0.15) is 5.10 Å². The van der Waals surface area contributed by atoms with E-state index in [9.17, 15) is 4.79 Å². The van der Waals surface area contributed by atoms with Gasteiger partial charge in [0.25, 0.3) is 0 Å². The van der Waals surface area contributed by atoms with Crippen molar-refractivity contribution >= 4 is 17.5 Å². The minimum absolute atomic E-state index is 0.0239. The fourth-order valence-electron chi connectivity index (χ4n) is 4.06. The minimum Gasteiger partial charge on any atom is -0.416 e. The molecule has 4 aromatic rings. The van der Waals surface area contributed by atoms with Crippen LogP contribution < -0.4 is 16.0 Å². The monoisotopic (exact) mass is 487 g/mol. The first-order valence-corrected chi connectivity index (χ1v) is 11.9. The lowest BCUT2D eigenvalue weighted by atomic mass is 9.96. The second-order valence-electron chi connectivity index (χ2n) is 9.84. The van der Waals surface area contributed by atoms with E-state index in [0.717, 1.165) is 46.7 Å². The molecule has 0 radical (unpaired) electrons. The van der Waals surface area contributed by atoms with Crippen molar-refractivity contribution in [3.05, 3.63) is 65.3 Å². The standard InChI is InChI=1S/C25H29N9O2/c1-14-20(13-28-32-14)31-24-27-10-8-18(30-24)15-5-6-17-16(11-15)12-26-9-7-19(17)29-21(35)22-33-34-23(36-22)25(2,3)4/h5-6,8,10-11,13,19,26H,7,9,12H2,1-4H3,(H,28,32)(H,29,35)(H,27,30,31). The van der Waals surface area contributed by atoms with E-state index in [1.165, 1.54) is 0 Å². The second-order valence-corrected chi connectivity index (χ2v) is 9.84. The number of aryl methyl sites for hydroxylation is 1. The normalized spacial score (nSPS) is 15.7. The number of fused-ring (bicyclic) bond motifs is 1. The van der Waals surface area contributed by atoms with Gasteiger partial charge in [0.15, 0.2) is 0 Å². The third-order valence-electron chi connectivity index (χ3n) is 6.04. The Labute approximate surface area is 208 Å². The van der Waals surface area contributed by atoms with Gasteiger partial charge in [-0.05, 0) is 43.1 Å². The number of carbonyl (C=O) groups is 1. The number of nitrogens with zero attached hydrogens (tertiary/aromatic N) is 5. The molecule has 0 saturated heterocycles. The third-order valence-corrected chi connectivity index (χ3v) is 6.04. The van der Waals surface area contributed by atoms with Crippen LogP contribution in [0.1, 0.15) is 66.6 Å². The van der Waals surface area contributed by atoms with Gasteiger partial charge >= 0.3 is 11.8 Å². The number of amides is 1. The van der Waals surface area contributed by atoms with Crippen LogP contribution in [0.5, 0.6) is 0 Å². The van der Waals surface area contributed by atoms with E-state index >= 15 is 0 Å². The van der Waals surface area contributed by atoms with E-state index in [2.05, 4.69) is 52.4 Å². The van der Waals surface area contributed by atoms with Crippen LogP contribution in [0.4, 0.5) is 11.6 Å². The lowest BCUT2D eigenvalue weighted by Gasteiger charge is -2.19. The predicted molar refractivity (Wildman–Crippen MR) is 134 cm³/mol. The summed E-state index contributed by atoms with van der Waals surface area (Å²) in [5.74, 6) is 0.524. The number of aromatic amines is 1. The van der Waals surface area contributed by atoms with Crippen molar-refractivity contribution < 1.29 is 9.21 Å². The van der Waals surface area contributed by atoms with Crippen LogP contribution in [0.15, 0.2) is 41.1 Å². The van der Waals surface area contributed by atoms with Crippen molar-refractivity contribution in [1.82, 2.24) is 41.0 Å². The number of hydrogen-bond acceptors (Lipinski definition) is 9. The van der Waals surface area contributed by atoms with Crippen LogP contribution in [0.3, 0.4) is 0 Å². The molecule has 36 heavy (non-hydrogen) atoms. The van der Waals surface area contributed by atoms with Gasteiger partial charge in [-0.15, -0.1) is 10.2 Å². The Hall–Kier alpha value is -4.12. The average Bonchev–Trinajstić information content (AvgIpc) is 3.46. The molecule has 1 atom stereocenters. The summed E-state index contributed by atoms with van der Waals surface area (Å²) in [7, 11) is 0. The lowest BCUT2D eigenvalue weighted by molar-refractivity contribution is 0.0896. The molecule has 1 aliphatic rings. The first kappa shape index (κ1) is 23.6. The summed E-state index contributed by atoms with van der Waals surface area (Å²) >= 11 is 0. The molecule has 4 heterocycles. The molecular formula is C25H29N9O2. The van der Waals surface area contributed by atoms with Gasteiger partial charge in [-0.25, -0.2) is 9.97 Å². The topological polar surface area (TPSA) is 147 Å². The van der Waals surface area contributed by atoms with Gasteiger partial charge in [-0.1, -0.05) is 32.9 Å². The molecule has 0 spiro atoms. The number of hydrogen-bond donors (Lipinski definition) is 4. The molecular weight excluding hydrogens is 458 g/mol. The Kier molecular flexibility index (Phi) is 6.23. The van der Waals surface area contributed by atoms with E-state index in [-0.39, 0.29) is 23.3 Å². The zero-order chi connectivity index (χ0) is 25.3. The Balaban J connectivity index is 1.37. The molecule has 0 fully saturated rings. The molecule has 1 unspecified atom stereocenters. The van der Waals surface area contributed by atoms with Gasteiger partial charge in [-0.3, -0.25) is 9.89 Å². The van der Waals surface area contributed by atoms with Gasteiger partial charge in [0.2, 0.25) is 11.8 Å². The van der Waals surface area contributed by atoms with Gasteiger partial charge in [0.1, 0.15) is 0 Å². The van der Waals surface area contributed by atoms with Gasteiger partial charge < -0.3 is 20.4 Å². The van der Waals surface area contributed by atoms with Crippen molar-refractivity contribution in [3.8, 4) is 11.3 Å². The van der Waals surface area contributed by atoms with Crippen molar-refractivity contribution in [1.29, 1.82) is 0 Å². The summed E-state index contributed by atoms with van der Waals surface area (Å²) in [5, 5.41) is 24.6. The van der Waals surface area contributed by atoms with Gasteiger partial charge in [0, 0.05) is 29.9 Å². The molecule has 0 saturated carbocycles. The van der Waals surface area contributed by atoms with Crippen LogP contribution >= 0.6 is 0 Å². The zero-order valence-electron chi connectivity index (χ0n) is 20.7. The fraction of sp³-hybridized carbons (Fsp3) is 0.360. The number of anilines is 2. The molecule has 3 aromatic heterocycles. The summed E-state index contributed by atoms with van der Waals surface area (Å²) in [6, 6.07) is 7.86. The molecule has 5 rings (SSSR count). The highest BCUT2D eigenvalue weighted by atomic mass is 16.4. The SMILES string of the molecule is Cc1n[nH]cc1Nc1nccc(-c2ccc3c(c2)CNCCC3NC(=O)c2nnc(C(C)(C)C)o2)n1. The Morgan fingerprint density at radius 1 is 1.19 bits per heavy atom. The Morgan fingerprint density at radius 3 is 2.81 bits per heavy atom. The number of aromatic nitrogens is 6. The zero-order valence-corrected chi connectivity index (χ0v) is 20.7. The fourth-order valence-corrected chi connectivity index (χ4v) is 4.06. The first-order chi connectivity index (χ1) is 17.3. The van der Waals surface area contributed by atoms with Crippen LogP contribution in [0, 0.1) is 6.92 Å². The summed E-state index contributed by atoms with van der Waals surface area (Å²) < 4.78 is 5.63. The summed E-state index contributed by atoms with van der Waals surface area (Å²) in [6.45, 7) is 9.23. The summed E-state index contributed by atoms with van der Waals surface area (Å²) in [4.78, 5) is 21.9. The maximum Gasteiger partial charge on any atom is 0.309 e. The Bertz CT molecular complexity index is 1390. The number of nitrogens with one attached hydrogen (secondary N) is 4. The molecule has 11 heteroatoms. The van der Waals surface area contributed by atoms with E-state index < -0.39 is 0 Å². The van der Waals surface area contributed by atoms with Crippen molar-refractivity contribution in [2.75, 3.05) is 11.9 Å². The van der Waals surface area contributed by atoms with Crippen molar-refractivity contribution in [2.45, 2.75) is 52.1 Å². The molecule has 186 valence electrons. The number of carbonyl (C=O) groups excluding carboxylic acids is 1. The van der Waals surface area contributed by atoms with E-state index in [0.29, 0.717) is 18.4 Å². The second kappa shape index (κ2) is 9.50. The molecule has 0 aliphatic carbocycles. The van der Waals surface area contributed by atoms with Crippen LogP contribution in [-0.4, -0.2) is 42.8 Å². The molecule has 0 bridgehead atoms. The highest BCUT2D eigenvalue weighted by Crippen LogP contribution is 2.29.